The van der Waals surface area contributed by atoms with E-state index in [1.807, 2.05) is 26.0 Å². The summed E-state index contributed by atoms with van der Waals surface area (Å²) in [4.78, 5) is 13.0. The van der Waals surface area contributed by atoms with Crippen molar-refractivity contribution in [3.63, 3.8) is 0 Å². The number of benzene rings is 2. The molecular formula is C21H22ClN3O3S. The molecule has 0 bridgehead atoms. The van der Waals surface area contributed by atoms with Crippen molar-refractivity contribution in [2.45, 2.75) is 24.7 Å². The Balaban J connectivity index is 1.75. The average Bonchev–Trinajstić information content (AvgIpc) is 3.14. The summed E-state index contributed by atoms with van der Waals surface area (Å²) in [7, 11) is -3.45. The Bertz CT molecular complexity index is 1090. The molecule has 2 aromatic carbocycles. The molecule has 1 N–H and O–H groups in total. The molecule has 0 unspecified atom stereocenters. The summed E-state index contributed by atoms with van der Waals surface area (Å²) in [6.45, 7) is 3.96. The van der Waals surface area contributed by atoms with E-state index in [1.165, 1.54) is 6.20 Å². The highest BCUT2D eigenvalue weighted by Crippen LogP contribution is 2.24. The van der Waals surface area contributed by atoms with Gasteiger partial charge in [0.2, 0.25) is 0 Å². The molecule has 1 heterocycles. The van der Waals surface area contributed by atoms with Crippen molar-refractivity contribution in [3.05, 3.63) is 77.1 Å². The Labute approximate surface area is 175 Å². The van der Waals surface area contributed by atoms with E-state index >= 15 is 0 Å². The van der Waals surface area contributed by atoms with Crippen LogP contribution in [0.15, 0.2) is 65.7 Å². The van der Waals surface area contributed by atoms with Gasteiger partial charge in [-0.15, -0.1) is 0 Å². The highest BCUT2D eigenvalue weighted by Gasteiger charge is 2.21. The highest BCUT2D eigenvalue weighted by atomic mass is 35.5. The minimum atomic E-state index is -3.45. The molecule has 29 heavy (non-hydrogen) atoms. The molecule has 0 aliphatic rings. The maximum atomic E-state index is 12.7. The molecule has 1 aromatic heterocycles. The third kappa shape index (κ3) is 4.86. The number of halogens is 1. The van der Waals surface area contributed by atoms with Gasteiger partial charge in [-0.25, -0.2) is 13.1 Å². The number of amides is 1. The van der Waals surface area contributed by atoms with Crippen LogP contribution >= 0.6 is 11.6 Å². The topological polar surface area (TPSA) is 81.1 Å². The minimum Gasteiger partial charge on any atom is -0.351 e. The molecule has 0 aliphatic heterocycles. The summed E-state index contributed by atoms with van der Waals surface area (Å²) in [5.41, 5.74) is 1.96. The zero-order valence-electron chi connectivity index (χ0n) is 16.2. The number of nitrogens with one attached hydrogen (secondary N) is 1. The molecule has 152 valence electrons. The zero-order chi connectivity index (χ0) is 21.0. The first-order valence-electron chi connectivity index (χ1n) is 9.19. The number of aromatic nitrogens is 2. The van der Waals surface area contributed by atoms with E-state index in [1.54, 1.807) is 47.1 Å². The lowest BCUT2D eigenvalue weighted by Gasteiger charge is -2.13. The predicted octanol–water partition coefficient (Wildman–Crippen LogP) is 3.85. The van der Waals surface area contributed by atoms with Crippen LogP contribution in [0.4, 0.5) is 0 Å². The van der Waals surface area contributed by atoms with Gasteiger partial charge in [0, 0.05) is 11.6 Å². The molecule has 3 aromatic rings. The van der Waals surface area contributed by atoms with Crippen LogP contribution in [-0.4, -0.2) is 36.4 Å². The fourth-order valence-electron chi connectivity index (χ4n) is 3.02. The lowest BCUT2D eigenvalue weighted by molar-refractivity contribution is 0.0954. The zero-order valence-corrected chi connectivity index (χ0v) is 17.7. The van der Waals surface area contributed by atoms with Crippen LogP contribution in [0.5, 0.6) is 0 Å². The summed E-state index contributed by atoms with van der Waals surface area (Å²) in [6.07, 6.45) is 1.50. The number of nitrogens with zero attached hydrogens (tertiary/aromatic N) is 2. The van der Waals surface area contributed by atoms with E-state index in [-0.39, 0.29) is 29.0 Å². The number of hydrogen-bond acceptors (Lipinski definition) is 4. The Morgan fingerprint density at radius 3 is 2.38 bits per heavy atom. The predicted molar refractivity (Wildman–Crippen MR) is 113 cm³/mol. The Hall–Kier alpha value is -2.64. The number of carbonyl (C=O) groups excluding carboxylic acids is 1. The second-order valence-corrected chi connectivity index (χ2v) is 9.42. The van der Waals surface area contributed by atoms with Crippen LogP contribution in [0.3, 0.4) is 0 Å². The quantitative estimate of drug-likeness (QED) is 0.616. The largest absolute Gasteiger partial charge is 0.351 e. The molecular weight excluding hydrogens is 410 g/mol. The lowest BCUT2D eigenvalue weighted by Crippen LogP contribution is -2.29. The standard InChI is InChI=1S/C21H22ClN3O3S/c1-15(2)20-19(14-24-25(20)17-10-8-16(22)9-11-17)21(26)23-12-13-29(27,28)18-6-4-3-5-7-18/h3-11,14-15H,12-13H2,1-2H3,(H,23,26). The Morgan fingerprint density at radius 2 is 1.76 bits per heavy atom. The van der Waals surface area contributed by atoms with Crippen molar-refractivity contribution < 1.29 is 13.2 Å². The highest BCUT2D eigenvalue weighted by molar-refractivity contribution is 7.91. The van der Waals surface area contributed by atoms with Crippen LogP contribution in [0, 0.1) is 0 Å². The van der Waals surface area contributed by atoms with E-state index in [0.29, 0.717) is 10.6 Å². The van der Waals surface area contributed by atoms with E-state index in [4.69, 9.17) is 11.6 Å². The van der Waals surface area contributed by atoms with Crippen LogP contribution in [0.1, 0.15) is 35.8 Å². The van der Waals surface area contributed by atoms with Crippen molar-refractivity contribution in [1.29, 1.82) is 0 Å². The van der Waals surface area contributed by atoms with Crippen molar-refractivity contribution >= 4 is 27.3 Å². The fraction of sp³-hybridized carbons (Fsp3) is 0.238. The molecule has 0 aliphatic carbocycles. The molecule has 0 atom stereocenters. The van der Waals surface area contributed by atoms with Crippen LogP contribution in [0.25, 0.3) is 5.69 Å². The SMILES string of the molecule is CC(C)c1c(C(=O)NCCS(=O)(=O)c2ccccc2)cnn1-c1ccc(Cl)cc1. The number of hydrogen-bond donors (Lipinski definition) is 1. The van der Waals surface area contributed by atoms with E-state index in [2.05, 4.69) is 10.4 Å². The van der Waals surface area contributed by atoms with Crippen molar-refractivity contribution in [1.82, 2.24) is 15.1 Å². The third-order valence-corrected chi connectivity index (χ3v) is 6.41. The third-order valence-electron chi connectivity index (χ3n) is 4.43. The van der Waals surface area contributed by atoms with Crippen molar-refractivity contribution in [2.24, 2.45) is 0 Å². The summed E-state index contributed by atoms with van der Waals surface area (Å²) in [6, 6.07) is 15.4. The molecule has 8 heteroatoms. The maximum absolute atomic E-state index is 12.7. The smallest absolute Gasteiger partial charge is 0.254 e. The van der Waals surface area contributed by atoms with Gasteiger partial charge < -0.3 is 5.32 Å². The molecule has 0 saturated carbocycles. The van der Waals surface area contributed by atoms with Gasteiger partial charge in [-0.3, -0.25) is 4.79 Å². The summed E-state index contributed by atoms with van der Waals surface area (Å²) in [5.74, 6) is -0.496. The molecule has 0 radical (unpaired) electrons. The number of sulfone groups is 1. The molecule has 1 amide bonds. The second-order valence-electron chi connectivity index (χ2n) is 6.87. The minimum absolute atomic E-state index is 0.0136. The van der Waals surface area contributed by atoms with Gasteiger partial charge in [-0.2, -0.15) is 5.10 Å². The Morgan fingerprint density at radius 1 is 1.10 bits per heavy atom. The maximum Gasteiger partial charge on any atom is 0.254 e. The fourth-order valence-corrected chi connectivity index (χ4v) is 4.32. The van der Waals surface area contributed by atoms with Gasteiger partial charge in [0.1, 0.15) is 0 Å². The van der Waals surface area contributed by atoms with Crippen LogP contribution in [-0.2, 0) is 9.84 Å². The van der Waals surface area contributed by atoms with Gasteiger partial charge in [0.25, 0.3) is 5.91 Å². The first-order valence-corrected chi connectivity index (χ1v) is 11.2. The molecule has 0 spiro atoms. The first kappa shape index (κ1) is 21.1. The van der Waals surface area contributed by atoms with E-state index < -0.39 is 9.84 Å². The monoisotopic (exact) mass is 431 g/mol. The average molecular weight is 432 g/mol. The normalized spacial score (nSPS) is 11.6. The second kappa shape index (κ2) is 8.80. The molecule has 0 saturated heterocycles. The number of rotatable bonds is 7. The van der Waals surface area contributed by atoms with Gasteiger partial charge in [0.15, 0.2) is 9.84 Å². The summed E-state index contributed by atoms with van der Waals surface area (Å²) >= 11 is 5.95. The van der Waals surface area contributed by atoms with E-state index in [0.717, 1.165) is 11.4 Å². The van der Waals surface area contributed by atoms with Gasteiger partial charge >= 0.3 is 0 Å². The Kier molecular flexibility index (Phi) is 6.39. The van der Waals surface area contributed by atoms with Crippen molar-refractivity contribution in [3.8, 4) is 5.69 Å². The van der Waals surface area contributed by atoms with E-state index in [9.17, 15) is 13.2 Å². The summed E-state index contributed by atoms with van der Waals surface area (Å²) in [5, 5.41) is 7.67. The first-order chi connectivity index (χ1) is 13.8. The van der Waals surface area contributed by atoms with Crippen LogP contribution in [0.2, 0.25) is 5.02 Å². The van der Waals surface area contributed by atoms with Gasteiger partial charge in [-0.1, -0.05) is 43.6 Å². The van der Waals surface area contributed by atoms with Crippen LogP contribution < -0.4 is 5.32 Å². The molecule has 6 nitrogen and oxygen atoms in total. The van der Waals surface area contributed by atoms with Gasteiger partial charge in [-0.05, 0) is 42.3 Å². The van der Waals surface area contributed by atoms with Gasteiger partial charge in [0.05, 0.1) is 33.8 Å². The summed E-state index contributed by atoms with van der Waals surface area (Å²) < 4.78 is 26.4. The molecule has 0 fully saturated rings. The van der Waals surface area contributed by atoms with Crippen molar-refractivity contribution in [2.75, 3.05) is 12.3 Å². The molecule has 3 rings (SSSR count). The number of carbonyl (C=O) groups is 1. The lowest BCUT2D eigenvalue weighted by atomic mass is 10.1.